The zero-order valence-electron chi connectivity index (χ0n) is 16.8. The van der Waals surface area contributed by atoms with Crippen molar-refractivity contribution < 1.29 is 4.79 Å². The van der Waals surface area contributed by atoms with Crippen LogP contribution in [0.5, 0.6) is 0 Å². The van der Waals surface area contributed by atoms with Gasteiger partial charge in [0.05, 0.1) is 5.57 Å². The van der Waals surface area contributed by atoms with Gasteiger partial charge in [-0.05, 0) is 41.8 Å². The monoisotopic (exact) mass is 395 g/mol. The highest BCUT2D eigenvalue weighted by Gasteiger charge is 2.34. The minimum absolute atomic E-state index is 0.159. The number of fused-ring (bicyclic) bond motifs is 2. The summed E-state index contributed by atoms with van der Waals surface area (Å²) in [4.78, 5) is 17.8. The number of hydrogen-bond acceptors (Lipinski definition) is 4. The minimum Gasteiger partial charge on any atom is -0.328 e. The van der Waals surface area contributed by atoms with Crippen LogP contribution in [0.3, 0.4) is 0 Å². The molecule has 5 rings (SSSR count). The first-order chi connectivity index (χ1) is 14.6. The lowest BCUT2D eigenvalue weighted by atomic mass is 9.91. The molecule has 0 bridgehead atoms. The predicted octanol–water partition coefficient (Wildman–Crippen LogP) is 4.67. The van der Waals surface area contributed by atoms with Crippen LogP contribution in [-0.4, -0.2) is 20.7 Å². The average Bonchev–Trinajstić information content (AvgIpc) is 3.22. The number of carbonyl (C=O) groups is 1. The first kappa shape index (κ1) is 18.1. The van der Waals surface area contributed by atoms with Crippen molar-refractivity contribution >= 4 is 28.3 Å². The van der Waals surface area contributed by atoms with Gasteiger partial charge < -0.3 is 10.6 Å². The Morgan fingerprint density at radius 3 is 2.63 bits per heavy atom. The number of anilines is 2. The third-order valence-electron chi connectivity index (χ3n) is 5.55. The first-order valence-corrected chi connectivity index (χ1v) is 9.85. The molecule has 1 aromatic heterocycles. The van der Waals surface area contributed by atoms with Crippen LogP contribution in [0.1, 0.15) is 24.1 Å². The fraction of sp³-hybridized carbons (Fsp3) is 0.125. The van der Waals surface area contributed by atoms with Gasteiger partial charge in [-0.25, -0.2) is 4.68 Å². The molecule has 1 amide bonds. The van der Waals surface area contributed by atoms with Gasteiger partial charge in [-0.15, -0.1) is 0 Å². The standard InChI is InChI=1S/C24H21N5O/c1-15-8-3-6-13-20(15)28-23(30)21-16(2)27-24-25-14-26-29(24)22(21)19-12-7-10-17-9-4-5-11-18(17)19/h3-14,22H,1-2H3,(H,28,30)(H,25,26,27). The summed E-state index contributed by atoms with van der Waals surface area (Å²) in [5.41, 5.74) is 4.20. The molecule has 30 heavy (non-hydrogen) atoms. The van der Waals surface area contributed by atoms with Gasteiger partial charge in [-0.1, -0.05) is 60.7 Å². The van der Waals surface area contributed by atoms with Crippen LogP contribution in [0.2, 0.25) is 0 Å². The lowest BCUT2D eigenvalue weighted by Gasteiger charge is -2.29. The predicted molar refractivity (Wildman–Crippen MR) is 118 cm³/mol. The molecule has 6 nitrogen and oxygen atoms in total. The second kappa shape index (κ2) is 7.15. The highest BCUT2D eigenvalue weighted by Crippen LogP contribution is 2.38. The molecule has 1 atom stereocenters. The molecule has 3 aromatic carbocycles. The van der Waals surface area contributed by atoms with Crippen LogP contribution < -0.4 is 10.6 Å². The Kier molecular flexibility index (Phi) is 4.32. The number of aromatic nitrogens is 3. The number of benzene rings is 3. The number of allylic oxidation sites excluding steroid dienone is 1. The Bertz CT molecular complexity index is 1300. The minimum atomic E-state index is -0.390. The molecule has 0 radical (unpaired) electrons. The summed E-state index contributed by atoms with van der Waals surface area (Å²) >= 11 is 0. The fourth-order valence-corrected chi connectivity index (χ4v) is 4.06. The van der Waals surface area contributed by atoms with Crippen LogP contribution in [0, 0.1) is 6.92 Å². The van der Waals surface area contributed by atoms with Gasteiger partial charge in [0.25, 0.3) is 5.91 Å². The van der Waals surface area contributed by atoms with Crippen LogP contribution in [0.4, 0.5) is 11.6 Å². The number of nitrogens with one attached hydrogen (secondary N) is 2. The van der Waals surface area contributed by atoms with E-state index < -0.39 is 0 Å². The number of nitrogens with zero attached hydrogens (tertiary/aromatic N) is 3. The van der Waals surface area contributed by atoms with Crippen molar-refractivity contribution in [2.45, 2.75) is 19.9 Å². The Morgan fingerprint density at radius 2 is 1.77 bits per heavy atom. The van der Waals surface area contributed by atoms with E-state index in [-0.39, 0.29) is 11.9 Å². The topological polar surface area (TPSA) is 71.8 Å². The molecule has 0 fully saturated rings. The summed E-state index contributed by atoms with van der Waals surface area (Å²) in [5, 5.41) is 13.0. The molecule has 6 heteroatoms. The molecule has 148 valence electrons. The van der Waals surface area contributed by atoms with Gasteiger partial charge in [0.1, 0.15) is 12.4 Å². The molecule has 0 saturated carbocycles. The summed E-state index contributed by atoms with van der Waals surface area (Å²) in [6.45, 7) is 3.89. The van der Waals surface area contributed by atoms with E-state index in [1.54, 1.807) is 4.68 Å². The van der Waals surface area contributed by atoms with Crippen molar-refractivity contribution in [1.82, 2.24) is 14.8 Å². The molecule has 0 saturated heterocycles. The Labute approximate surface area is 174 Å². The maximum absolute atomic E-state index is 13.5. The zero-order chi connectivity index (χ0) is 20.7. The highest BCUT2D eigenvalue weighted by atomic mass is 16.1. The SMILES string of the molecule is CC1=C(C(=O)Nc2ccccc2C)C(c2cccc3ccccc23)n2ncnc2N1. The number of amides is 1. The van der Waals surface area contributed by atoms with E-state index in [0.717, 1.165) is 33.3 Å². The largest absolute Gasteiger partial charge is 0.328 e. The molecule has 0 spiro atoms. The van der Waals surface area contributed by atoms with E-state index in [0.29, 0.717) is 11.5 Å². The molecule has 2 N–H and O–H groups in total. The van der Waals surface area contributed by atoms with Crippen molar-refractivity contribution in [3.05, 3.63) is 95.5 Å². The van der Waals surface area contributed by atoms with Gasteiger partial charge in [0.2, 0.25) is 5.95 Å². The summed E-state index contributed by atoms with van der Waals surface area (Å²) in [6.07, 6.45) is 1.51. The summed E-state index contributed by atoms with van der Waals surface area (Å²) in [5.74, 6) is 0.464. The van der Waals surface area contributed by atoms with E-state index in [1.165, 1.54) is 6.33 Å². The molecular weight excluding hydrogens is 374 g/mol. The lowest BCUT2D eigenvalue weighted by Crippen LogP contribution is -2.31. The van der Waals surface area contributed by atoms with Crippen molar-refractivity contribution in [3.8, 4) is 0 Å². The second-order valence-corrected chi connectivity index (χ2v) is 7.43. The number of carbonyl (C=O) groups excluding carboxylic acids is 1. The van der Waals surface area contributed by atoms with E-state index in [9.17, 15) is 4.79 Å². The van der Waals surface area contributed by atoms with Crippen molar-refractivity contribution in [2.24, 2.45) is 0 Å². The summed E-state index contributed by atoms with van der Waals surface area (Å²) in [6, 6.07) is 21.7. The number of rotatable bonds is 3. The number of para-hydroxylation sites is 1. The van der Waals surface area contributed by atoms with Gasteiger partial charge in [-0.2, -0.15) is 10.1 Å². The number of hydrogen-bond donors (Lipinski definition) is 2. The van der Waals surface area contributed by atoms with E-state index >= 15 is 0 Å². The molecule has 0 aliphatic carbocycles. The molecule has 4 aromatic rings. The van der Waals surface area contributed by atoms with Crippen molar-refractivity contribution in [2.75, 3.05) is 10.6 Å². The van der Waals surface area contributed by atoms with Crippen LogP contribution >= 0.6 is 0 Å². The Morgan fingerprint density at radius 1 is 1.00 bits per heavy atom. The van der Waals surface area contributed by atoms with E-state index in [2.05, 4.69) is 45.0 Å². The smallest absolute Gasteiger partial charge is 0.255 e. The van der Waals surface area contributed by atoms with Gasteiger partial charge >= 0.3 is 0 Å². The molecule has 1 unspecified atom stereocenters. The summed E-state index contributed by atoms with van der Waals surface area (Å²) in [7, 11) is 0. The van der Waals surface area contributed by atoms with E-state index in [1.807, 2.05) is 56.3 Å². The average molecular weight is 395 g/mol. The molecule has 1 aliphatic heterocycles. The third kappa shape index (κ3) is 2.93. The summed E-state index contributed by atoms with van der Waals surface area (Å²) < 4.78 is 1.78. The fourth-order valence-electron chi connectivity index (χ4n) is 4.06. The van der Waals surface area contributed by atoms with E-state index in [4.69, 9.17) is 0 Å². The zero-order valence-corrected chi connectivity index (χ0v) is 16.8. The van der Waals surface area contributed by atoms with Crippen LogP contribution in [0.25, 0.3) is 10.8 Å². The van der Waals surface area contributed by atoms with Gasteiger partial charge in [0, 0.05) is 11.4 Å². The van der Waals surface area contributed by atoms with Crippen molar-refractivity contribution in [1.29, 1.82) is 0 Å². The Balaban J connectivity index is 1.66. The highest BCUT2D eigenvalue weighted by molar-refractivity contribution is 6.07. The van der Waals surface area contributed by atoms with Crippen LogP contribution in [0.15, 0.2) is 84.3 Å². The molecule has 2 heterocycles. The normalized spacial score (nSPS) is 15.6. The molecular formula is C24H21N5O. The second-order valence-electron chi connectivity index (χ2n) is 7.43. The van der Waals surface area contributed by atoms with Crippen LogP contribution in [-0.2, 0) is 4.79 Å². The Hall–Kier alpha value is -3.93. The maximum Gasteiger partial charge on any atom is 0.255 e. The lowest BCUT2D eigenvalue weighted by molar-refractivity contribution is -0.113. The first-order valence-electron chi connectivity index (χ1n) is 9.85. The third-order valence-corrected chi connectivity index (χ3v) is 5.55. The maximum atomic E-state index is 13.5. The van der Waals surface area contributed by atoms with Gasteiger partial charge in [-0.3, -0.25) is 4.79 Å². The van der Waals surface area contributed by atoms with Gasteiger partial charge in [0.15, 0.2) is 0 Å². The van der Waals surface area contributed by atoms with Crippen molar-refractivity contribution in [3.63, 3.8) is 0 Å². The number of aryl methyl sites for hydroxylation is 1. The quantitative estimate of drug-likeness (QED) is 0.529. The molecule has 1 aliphatic rings.